The summed E-state index contributed by atoms with van der Waals surface area (Å²) in [6, 6.07) is 7.96. The summed E-state index contributed by atoms with van der Waals surface area (Å²) in [6.07, 6.45) is 4.69. The quantitative estimate of drug-likeness (QED) is 0.197. The molecule has 48 heavy (non-hydrogen) atoms. The van der Waals surface area contributed by atoms with Gasteiger partial charge in [0, 0.05) is 30.3 Å². The molecule has 0 radical (unpaired) electrons. The second-order valence-electron chi connectivity index (χ2n) is 16.0. The smallest absolute Gasteiger partial charge is 0.414 e. The summed E-state index contributed by atoms with van der Waals surface area (Å²) in [5, 5.41) is 27.8. The Morgan fingerprint density at radius 2 is 1.92 bits per heavy atom. The van der Waals surface area contributed by atoms with Crippen molar-refractivity contribution in [3.63, 3.8) is 0 Å². The number of rotatable bonds is 11. The average molecular weight is 676 g/mol. The largest absolute Gasteiger partial charge is 0.443 e. The Labute approximate surface area is 286 Å². The van der Waals surface area contributed by atoms with E-state index in [1.165, 1.54) is 0 Å². The first kappa shape index (κ1) is 37.0. The first-order valence-electron chi connectivity index (χ1n) is 16.8. The highest BCUT2D eigenvalue weighted by atomic mass is 28.4. The number of anilines is 3. The lowest BCUT2D eigenvalue weighted by Crippen LogP contribution is -2.46. The van der Waals surface area contributed by atoms with Gasteiger partial charge in [-0.25, -0.2) is 14.8 Å². The highest BCUT2D eigenvalue weighted by Crippen LogP contribution is 2.47. The van der Waals surface area contributed by atoms with Gasteiger partial charge in [0.25, 0.3) is 0 Å². The molecule has 12 heteroatoms. The average Bonchev–Trinajstić information content (AvgIpc) is 3.51. The monoisotopic (exact) mass is 675 g/mol. The van der Waals surface area contributed by atoms with Crippen molar-refractivity contribution in [3.8, 4) is 17.3 Å². The number of nitrogens with zero attached hydrogens (tertiary/aromatic N) is 6. The summed E-state index contributed by atoms with van der Waals surface area (Å²) in [6.45, 7) is 24.1. The standard InChI is InChI=1S/C36H53N7O4Si/c1-24(2)12-13-30-29(21-39-43(30)16-17-44)41-32-38-15-14-28(40-32)25-18-26(20-37)31-27(19-25)36(9,23-46-48(10,11)35(6,7)8)22-42(31)33(45)47-34(3,4)5/h14-15,18-19,21,24,44H,12-13,16-17,22-23H2,1-11H3,(H,38,40,41)/t36-/m1/s1. The zero-order valence-electron chi connectivity index (χ0n) is 30.6. The molecule has 0 bridgehead atoms. The van der Waals surface area contributed by atoms with Crippen molar-refractivity contribution in [1.29, 1.82) is 5.26 Å². The fraction of sp³-hybridized carbons (Fsp3) is 0.583. The molecule has 4 rings (SSSR count). The van der Waals surface area contributed by atoms with E-state index in [9.17, 15) is 15.2 Å². The van der Waals surface area contributed by atoms with Gasteiger partial charge >= 0.3 is 6.09 Å². The Hall–Kier alpha value is -3.79. The Balaban J connectivity index is 1.77. The first-order valence-corrected chi connectivity index (χ1v) is 19.7. The van der Waals surface area contributed by atoms with Crippen molar-refractivity contribution in [2.75, 3.05) is 30.0 Å². The van der Waals surface area contributed by atoms with Crippen LogP contribution in [0.5, 0.6) is 0 Å². The maximum atomic E-state index is 13.6. The van der Waals surface area contributed by atoms with Crippen molar-refractivity contribution < 1.29 is 19.1 Å². The summed E-state index contributed by atoms with van der Waals surface area (Å²) in [5.41, 5.74) is 3.58. The number of hydrogen-bond acceptors (Lipinski definition) is 9. The van der Waals surface area contributed by atoms with E-state index in [1.807, 2.05) is 37.6 Å². The number of aromatic nitrogens is 4. The fourth-order valence-corrected chi connectivity index (χ4v) is 6.59. The lowest BCUT2D eigenvalue weighted by Gasteiger charge is -2.39. The minimum atomic E-state index is -2.14. The number of carbonyl (C=O) groups excluding carboxylic acids is 1. The van der Waals surface area contributed by atoms with E-state index in [0.717, 1.165) is 35.3 Å². The van der Waals surface area contributed by atoms with E-state index in [1.54, 1.807) is 23.4 Å². The molecule has 1 aliphatic heterocycles. The van der Waals surface area contributed by atoms with Crippen LogP contribution in [0.2, 0.25) is 18.1 Å². The first-order chi connectivity index (χ1) is 22.3. The van der Waals surface area contributed by atoms with E-state index in [-0.39, 0.29) is 11.6 Å². The van der Waals surface area contributed by atoms with Gasteiger partial charge in [0.15, 0.2) is 8.32 Å². The van der Waals surface area contributed by atoms with E-state index < -0.39 is 25.4 Å². The van der Waals surface area contributed by atoms with E-state index in [2.05, 4.69) is 76.1 Å². The number of ether oxygens (including phenoxy) is 1. The van der Waals surface area contributed by atoms with E-state index in [4.69, 9.17) is 14.1 Å². The van der Waals surface area contributed by atoms with Gasteiger partial charge in [0.2, 0.25) is 5.95 Å². The molecule has 0 saturated carbocycles. The summed E-state index contributed by atoms with van der Waals surface area (Å²) in [4.78, 5) is 24.5. The number of amides is 1. The number of hydrogen-bond donors (Lipinski definition) is 2. The molecule has 0 unspecified atom stereocenters. The maximum absolute atomic E-state index is 13.6. The Morgan fingerprint density at radius 3 is 2.52 bits per heavy atom. The van der Waals surface area contributed by atoms with Crippen LogP contribution in [0, 0.1) is 17.2 Å². The van der Waals surface area contributed by atoms with Crippen molar-refractivity contribution >= 4 is 31.7 Å². The molecule has 1 aliphatic rings. The number of aliphatic hydroxyl groups excluding tert-OH is 1. The molecule has 0 aliphatic carbocycles. The lowest BCUT2D eigenvalue weighted by molar-refractivity contribution is 0.0575. The predicted octanol–water partition coefficient (Wildman–Crippen LogP) is 7.57. The van der Waals surface area contributed by atoms with Gasteiger partial charge in [-0.3, -0.25) is 9.58 Å². The normalized spacial score (nSPS) is 16.6. The SMILES string of the molecule is CC(C)CCc1c(Nc2nccc(-c3cc(C#N)c4c(c3)[C@@](C)(CO[Si](C)(C)C(C)(C)C)CN4C(=O)OC(C)(C)C)n2)cnn1CCO. The number of nitrogens with one attached hydrogen (secondary N) is 1. The molecule has 3 heterocycles. The van der Waals surface area contributed by atoms with Crippen LogP contribution in [0.25, 0.3) is 11.3 Å². The Morgan fingerprint density at radius 1 is 1.21 bits per heavy atom. The molecular weight excluding hydrogens is 623 g/mol. The van der Waals surface area contributed by atoms with E-state index >= 15 is 0 Å². The third-order valence-electron chi connectivity index (χ3n) is 9.25. The highest BCUT2D eigenvalue weighted by molar-refractivity contribution is 6.74. The zero-order chi connectivity index (χ0) is 35.7. The number of carbonyl (C=O) groups is 1. The number of benzene rings is 1. The van der Waals surface area contributed by atoms with Crippen molar-refractivity contribution in [1.82, 2.24) is 19.7 Å². The minimum absolute atomic E-state index is 0.00289. The molecule has 0 spiro atoms. The predicted molar refractivity (Wildman–Crippen MR) is 192 cm³/mol. The van der Waals surface area contributed by atoms with Crippen LogP contribution in [-0.2, 0) is 27.5 Å². The van der Waals surface area contributed by atoms with Crippen LogP contribution < -0.4 is 10.2 Å². The number of aliphatic hydroxyl groups is 1. The molecule has 11 nitrogen and oxygen atoms in total. The van der Waals surface area contributed by atoms with Gasteiger partial charge in [-0.05, 0) is 81.4 Å². The zero-order valence-corrected chi connectivity index (χ0v) is 31.6. The van der Waals surface area contributed by atoms with Crippen LogP contribution in [0.1, 0.15) is 85.6 Å². The highest BCUT2D eigenvalue weighted by Gasteiger charge is 2.47. The molecular formula is C36H53N7O4Si. The second-order valence-corrected chi connectivity index (χ2v) is 20.8. The summed E-state index contributed by atoms with van der Waals surface area (Å²) >= 11 is 0. The van der Waals surface area contributed by atoms with Gasteiger partial charge in [0.1, 0.15) is 11.7 Å². The van der Waals surface area contributed by atoms with Crippen molar-refractivity contribution in [2.24, 2.45) is 5.92 Å². The summed E-state index contributed by atoms with van der Waals surface area (Å²) in [7, 11) is -2.14. The van der Waals surface area contributed by atoms with Crippen molar-refractivity contribution in [3.05, 3.63) is 47.4 Å². The van der Waals surface area contributed by atoms with Gasteiger partial charge in [-0.1, -0.05) is 41.5 Å². The lowest BCUT2D eigenvalue weighted by atomic mass is 9.83. The molecule has 0 fully saturated rings. The molecule has 260 valence electrons. The van der Waals surface area contributed by atoms with Crippen LogP contribution in [-0.4, -0.2) is 64.6 Å². The van der Waals surface area contributed by atoms with Crippen LogP contribution in [0.3, 0.4) is 0 Å². The Kier molecular flexibility index (Phi) is 10.8. The van der Waals surface area contributed by atoms with Crippen molar-refractivity contribution in [2.45, 2.75) is 111 Å². The molecule has 0 saturated heterocycles. The third-order valence-corrected chi connectivity index (χ3v) is 13.7. The molecule has 2 N–H and O–H groups in total. The number of nitriles is 1. The second kappa shape index (κ2) is 14.0. The number of fused-ring (bicyclic) bond motifs is 1. The summed E-state index contributed by atoms with van der Waals surface area (Å²) in [5.74, 6) is 0.897. The van der Waals surface area contributed by atoms with Crippen LogP contribution in [0.4, 0.5) is 22.1 Å². The van der Waals surface area contributed by atoms with Crippen LogP contribution in [0.15, 0.2) is 30.6 Å². The van der Waals surface area contributed by atoms with Gasteiger partial charge in [-0.2, -0.15) is 10.4 Å². The Bertz CT molecular complexity index is 1670. The topological polar surface area (TPSA) is 138 Å². The molecule has 1 amide bonds. The molecule has 2 aromatic heterocycles. The van der Waals surface area contributed by atoms with Gasteiger partial charge in [-0.15, -0.1) is 0 Å². The summed E-state index contributed by atoms with van der Waals surface area (Å²) < 4.78 is 14.4. The van der Waals surface area contributed by atoms with Gasteiger partial charge in [0.05, 0.1) is 47.7 Å². The third kappa shape index (κ3) is 8.25. The molecule has 3 aromatic rings. The maximum Gasteiger partial charge on any atom is 0.414 e. The fourth-order valence-electron chi connectivity index (χ4n) is 5.48. The van der Waals surface area contributed by atoms with E-state index in [0.29, 0.717) is 48.5 Å². The molecule has 1 aromatic carbocycles. The van der Waals surface area contributed by atoms with Gasteiger partial charge < -0.3 is 19.6 Å². The minimum Gasteiger partial charge on any atom is -0.443 e. The molecule has 1 atom stereocenters. The van der Waals surface area contributed by atoms with Crippen LogP contribution >= 0.6 is 0 Å².